The van der Waals surface area contributed by atoms with E-state index in [9.17, 15) is 4.79 Å². The SMILES string of the molecule is COOC(=O)C(C)(C)Cc1ccccc1. The molecule has 0 bridgehead atoms. The van der Waals surface area contributed by atoms with E-state index in [1.807, 2.05) is 44.2 Å². The summed E-state index contributed by atoms with van der Waals surface area (Å²) in [6.07, 6.45) is 0.635. The third-order valence-corrected chi connectivity index (χ3v) is 2.20. The Labute approximate surface area is 89.9 Å². The van der Waals surface area contributed by atoms with E-state index in [1.165, 1.54) is 7.11 Å². The highest BCUT2D eigenvalue weighted by atomic mass is 17.2. The van der Waals surface area contributed by atoms with Crippen molar-refractivity contribution in [1.29, 1.82) is 0 Å². The van der Waals surface area contributed by atoms with Crippen LogP contribution in [0.5, 0.6) is 0 Å². The predicted molar refractivity (Wildman–Crippen MR) is 57.0 cm³/mol. The van der Waals surface area contributed by atoms with Crippen LogP contribution in [0.3, 0.4) is 0 Å². The molecule has 0 amide bonds. The molecule has 0 N–H and O–H groups in total. The molecule has 0 aliphatic rings. The van der Waals surface area contributed by atoms with Crippen LogP contribution >= 0.6 is 0 Å². The Hall–Kier alpha value is -1.35. The van der Waals surface area contributed by atoms with Gasteiger partial charge in [0, 0.05) is 0 Å². The molecule has 1 aromatic carbocycles. The minimum absolute atomic E-state index is 0.353. The number of carbonyl (C=O) groups is 1. The highest BCUT2D eigenvalue weighted by Gasteiger charge is 2.30. The Morgan fingerprint density at radius 1 is 1.27 bits per heavy atom. The first kappa shape index (κ1) is 11.7. The largest absolute Gasteiger partial charge is 0.348 e. The van der Waals surface area contributed by atoms with E-state index in [0.717, 1.165) is 5.56 Å². The third kappa shape index (κ3) is 3.36. The highest BCUT2D eigenvalue weighted by molar-refractivity contribution is 5.75. The molecule has 82 valence electrons. The summed E-state index contributed by atoms with van der Waals surface area (Å²) < 4.78 is 0. The molecule has 0 atom stereocenters. The van der Waals surface area contributed by atoms with Crippen LogP contribution in [0.25, 0.3) is 0 Å². The summed E-state index contributed by atoms with van der Waals surface area (Å²) in [5.41, 5.74) is 0.535. The molecule has 0 heterocycles. The summed E-state index contributed by atoms with van der Waals surface area (Å²) in [5, 5.41) is 0. The average molecular weight is 208 g/mol. The van der Waals surface area contributed by atoms with Gasteiger partial charge in [0.05, 0.1) is 12.5 Å². The van der Waals surface area contributed by atoms with Crippen LogP contribution < -0.4 is 0 Å². The van der Waals surface area contributed by atoms with Gasteiger partial charge < -0.3 is 0 Å². The van der Waals surface area contributed by atoms with E-state index >= 15 is 0 Å². The van der Waals surface area contributed by atoms with Gasteiger partial charge in [-0.2, -0.15) is 4.89 Å². The molecule has 1 rings (SSSR count). The maximum Gasteiger partial charge on any atom is 0.348 e. The molecule has 0 aromatic heterocycles. The summed E-state index contributed by atoms with van der Waals surface area (Å²) in [4.78, 5) is 20.4. The fourth-order valence-corrected chi connectivity index (χ4v) is 1.37. The summed E-state index contributed by atoms with van der Waals surface area (Å²) >= 11 is 0. The van der Waals surface area contributed by atoms with E-state index in [0.29, 0.717) is 6.42 Å². The van der Waals surface area contributed by atoms with Gasteiger partial charge in [-0.15, -0.1) is 0 Å². The minimum Gasteiger partial charge on any atom is -0.298 e. The molecule has 3 heteroatoms. The molecular formula is C12H16O3. The van der Waals surface area contributed by atoms with Gasteiger partial charge in [-0.25, -0.2) is 4.79 Å². The lowest BCUT2D eigenvalue weighted by Crippen LogP contribution is -2.28. The Balaban J connectivity index is 2.68. The second kappa shape index (κ2) is 4.94. The lowest BCUT2D eigenvalue weighted by molar-refractivity contribution is -0.263. The van der Waals surface area contributed by atoms with Gasteiger partial charge in [-0.1, -0.05) is 30.3 Å². The summed E-state index contributed by atoms with van der Waals surface area (Å²) in [6, 6.07) is 9.83. The van der Waals surface area contributed by atoms with Crippen molar-refractivity contribution in [3.8, 4) is 0 Å². The van der Waals surface area contributed by atoms with Crippen molar-refractivity contribution in [2.75, 3.05) is 7.11 Å². The Morgan fingerprint density at radius 3 is 2.40 bits per heavy atom. The van der Waals surface area contributed by atoms with E-state index in [2.05, 4.69) is 9.78 Å². The van der Waals surface area contributed by atoms with Crippen molar-refractivity contribution in [2.45, 2.75) is 20.3 Å². The molecular weight excluding hydrogens is 192 g/mol. The van der Waals surface area contributed by atoms with E-state index < -0.39 is 5.41 Å². The van der Waals surface area contributed by atoms with Crippen LogP contribution in [0.2, 0.25) is 0 Å². The van der Waals surface area contributed by atoms with E-state index in [4.69, 9.17) is 0 Å². The van der Waals surface area contributed by atoms with Gasteiger partial charge in [-0.05, 0) is 25.8 Å². The van der Waals surface area contributed by atoms with Crippen molar-refractivity contribution < 1.29 is 14.6 Å². The molecule has 15 heavy (non-hydrogen) atoms. The highest BCUT2D eigenvalue weighted by Crippen LogP contribution is 2.23. The van der Waals surface area contributed by atoms with Gasteiger partial charge in [0.2, 0.25) is 0 Å². The number of rotatable bonds is 4. The standard InChI is InChI=1S/C12H16O3/c1-12(2,11(13)15-14-3)9-10-7-5-4-6-8-10/h4-8H,9H2,1-3H3. The predicted octanol–water partition coefficient (Wildman–Crippen LogP) is 2.36. The summed E-state index contributed by atoms with van der Waals surface area (Å²) in [5.74, 6) is -0.353. The third-order valence-electron chi connectivity index (χ3n) is 2.20. The number of carbonyl (C=O) groups excluding carboxylic acids is 1. The quantitative estimate of drug-likeness (QED) is 0.563. The van der Waals surface area contributed by atoms with Crippen LogP contribution in [0.4, 0.5) is 0 Å². The van der Waals surface area contributed by atoms with Crippen LogP contribution in [0.15, 0.2) is 30.3 Å². The number of benzene rings is 1. The van der Waals surface area contributed by atoms with Gasteiger partial charge in [-0.3, -0.25) is 4.89 Å². The van der Waals surface area contributed by atoms with Crippen molar-refractivity contribution in [3.05, 3.63) is 35.9 Å². The lowest BCUT2D eigenvalue weighted by Gasteiger charge is -2.20. The van der Waals surface area contributed by atoms with Gasteiger partial charge >= 0.3 is 5.97 Å². The zero-order chi connectivity index (χ0) is 11.3. The molecule has 1 aromatic rings. The van der Waals surface area contributed by atoms with Gasteiger partial charge in [0.15, 0.2) is 0 Å². The van der Waals surface area contributed by atoms with E-state index in [-0.39, 0.29) is 5.97 Å². The first-order valence-electron chi connectivity index (χ1n) is 4.85. The van der Waals surface area contributed by atoms with Crippen molar-refractivity contribution >= 4 is 5.97 Å². The molecule has 0 spiro atoms. The molecule has 0 aliphatic heterocycles. The Bertz CT molecular complexity index is 317. The Kier molecular flexibility index (Phi) is 3.86. The van der Waals surface area contributed by atoms with Crippen LogP contribution in [0.1, 0.15) is 19.4 Å². The second-order valence-corrected chi connectivity index (χ2v) is 4.08. The number of hydrogen-bond donors (Lipinski definition) is 0. The zero-order valence-electron chi connectivity index (χ0n) is 9.32. The van der Waals surface area contributed by atoms with Crippen LogP contribution in [-0.4, -0.2) is 13.1 Å². The first-order valence-corrected chi connectivity index (χ1v) is 4.85. The van der Waals surface area contributed by atoms with E-state index in [1.54, 1.807) is 0 Å². The molecule has 0 unspecified atom stereocenters. The molecule has 0 aliphatic carbocycles. The van der Waals surface area contributed by atoms with Gasteiger partial charge in [0.25, 0.3) is 0 Å². The second-order valence-electron chi connectivity index (χ2n) is 4.08. The van der Waals surface area contributed by atoms with Crippen molar-refractivity contribution in [2.24, 2.45) is 5.41 Å². The fraction of sp³-hybridized carbons (Fsp3) is 0.417. The first-order chi connectivity index (χ1) is 7.06. The van der Waals surface area contributed by atoms with Crippen LogP contribution in [0, 0.1) is 5.41 Å². The Morgan fingerprint density at radius 2 is 1.87 bits per heavy atom. The normalized spacial score (nSPS) is 11.1. The molecule has 0 saturated heterocycles. The van der Waals surface area contributed by atoms with Crippen molar-refractivity contribution in [3.63, 3.8) is 0 Å². The maximum absolute atomic E-state index is 11.5. The minimum atomic E-state index is -0.572. The number of hydrogen-bond acceptors (Lipinski definition) is 3. The fourth-order valence-electron chi connectivity index (χ4n) is 1.37. The molecule has 3 nitrogen and oxygen atoms in total. The molecule has 0 fully saturated rings. The topological polar surface area (TPSA) is 35.5 Å². The average Bonchev–Trinajstić information content (AvgIpc) is 2.19. The molecule has 0 saturated carbocycles. The summed E-state index contributed by atoms with van der Waals surface area (Å²) in [7, 11) is 1.33. The van der Waals surface area contributed by atoms with Gasteiger partial charge in [0.1, 0.15) is 0 Å². The molecule has 0 radical (unpaired) electrons. The zero-order valence-corrected chi connectivity index (χ0v) is 9.32. The van der Waals surface area contributed by atoms with Crippen molar-refractivity contribution in [1.82, 2.24) is 0 Å². The monoisotopic (exact) mass is 208 g/mol. The smallest absolute Gasteiger partial charge is 0.298 e. The van der Waals surface area contributed by atoms with Crippen LogP contribution in [-0.2, 0) is 21.0 Å². The summed E-state index contributed by atoms with van der Waals surface area (Å²) in [6.45, 7) is 3.67. The lowest BCUT2D eigenvalue weighted by atomic mass is 9.86. The maximum atomic E-state index is 11.5.